The van der Waals surface area contributed by atoms with Gasteiger partial charge in [0.05, 0.1) is 4.90 Å². The second kappa shape index (κ2) is 10.5. The number of carbonyl (C=O) groups excluding carboxylic acids is 2. The van der Waals surface area contributed by atoms with Crippen LogP contribution in [0.5, 0.6) is 0 Å². The summed E-state index contributed by atoms with van der Waals surface area (Å²) in [5.74, 6) is 0.00439. The molecule has 2 aromatic rings. The molecule has 0 aliphatic carbocycles. The predicted molar refractivity (Wildman–Crippen MR) is 119 cm³/mol. The lowest BCUT2D eigenvalue weighted by molar-refractivity contribution is -0.135. The molecule has 31 heavy (non-hydrogen) atoms. The summed E-state index contributed by atoms with van der Waals surface area (Å²) in [4.78, 5) is 27.0. The van der Waals surface area contributed by atoms with Gasteiger partial charge >= 0.3 is 0 Å². The second-order valence-corrected chi connectivity index (χ2v) is 9.60. The topological polar surface area (TPSA) is 95.6 Å². The third-order valence-corrected chi connectivity index (χ3v) is 7.09. The Morgan fingerprint density at radius 1 is 0.968 bits per heavy atom. The van der Waals surface area contributed by atoms with Crippen LogP contribution in [0, 0.1) is 5.92 Å². The van der Waals surface area contributed by atoms with Crippen molar-refractivity contribution in [2.24, 2.45) is 5.92 Å². The molecular formula is C23H29N3O4S. The van der Waals surface area contributed by atoms with E-state index in [1.54, 1.807) is 12.1 Å². The van der Waals surface area contributed by atoms with Gasteiger partial charge in [-0.1, -0.05) is 42.5 Å². The number of nitrogens with zero attached hydrogens (tertiary/aromatic N) is 1. The molecule has 166 valence electrons. The smallest absolute Gasteiger partial charge is 0.240 e. The van der Waals surface area contributed by atoms with Crippen LogP contribution in [0.25, 0.3) is 0 Å². The average molecular weight is 444 g/mol. The predicted octanol–water partition coefficient (Wildman–Crippen LogP) is 2.08. The van der Waals surface area contributed by atoms with Gasteiger partial charge in [-0.3, -0.25) is 9.59 Å². The molecule has 3 rings (SSSR count). The lowest BCUT2D eigenvalue weighted by Crippen LogP contribution is -2.43. The van der Waals surface area contributed by atoms with Gasteiger partial charge in [0.1, 0.15) is 0 Å². The van der Waals surface area contributed by atoms with Crippen LogP contribution >= 0.6 is 0 Å². The van der Waals surface area contributed by atoms with Crippen LogP contribution in [0.15, 0.2) is 59.5 Å². The Hall–Kier alpha value is -2.71. The van der Waals surface area contributed by atoms with Crippen molar-refractivity contribution in [2.45, 2.75) is 37.1 Å². The van der Waals surface area contributed by atoms with Crippen molar-refractivity contribution in [3.05, 3.63) is 65.7 Å². The molecule has 1 fully saturated rings. The minimum Gasteiger partial charge on any atom is -0.352 e. The third-order valence-electron chi connectivity index (χ3n) is 5.66. The SMILES string of the molecule is CNS(=O)(=O)c1ccc(CNC(=O)C2CCN(C(=O)CCc3ccccc3)CC2)cc1. The summed E-state index contributed by atoms with van der Waals surface area (Å²) in [6, 6.07) is 16.4. The van der Waals surface area contributed by atoms with Crippen molar-refractivity contribution in [1.82, 2.24) is 14.9 Å². The Morgan fingerprint density at radius 3 is 2.23 bits per heavy atom. The molecular weight excluding hydrogens is 414 g/mol. The first kappa shape index (κ1) is 23.0. The molecule has 1 heterocycles. The lowest BCUT2D eigenvalue weighted by atomic mass is 9.95. The summed E-state index contributed by atoms with van der Waals surface area (Å²) in [5, 5.41) is 2.92. The van der Waals surface area contributed by atoms with E-state index < -0.39 is 10.0 Å². The van der Waals surface area contributed by atoms with Crippen molar-refractivity contribution in [2.75, 3.05) is 20.1 Å². The molecule has 0 aromatic heterocycles. The van der Waals surface area contributed by atoms with Crippen LogP contribution in [-0.4, -0.2) is 45.3 Å². The first-order valence-electron chi connectivity index (χ1n) is 10.5. The van der Waals surface area contributed by atoms with Gasteiger partial charge in [-0.15, -0.1) is 0 Å². The number of piperidine rings is 1. The van der Waals surface area contributed by atoms with E-state index in [9.17, 15) is 18.0 Å². The molecule has 2 amide bonds. The largest absolute Gasteiger partial charge is 0.352 e. The quantitative estimate of drug-likeness (QED) is 0.653. The van der Waals surface area contributed by atoms with E-state index >= 15 is 0 Å². The fourth-order valence-corrected chi connectivity index (χ4v) is 4.41. The number of amides is 2. The highest BCUT2D eigenvalue weighted by Crippen LogP contribution is 2.19. The zero-order valence-corrected chi connectivity index (χ0v) is 18.5. The van der Waals surface area contributed by atoms with E-state index in [0.717, 1.165) is 17.5 Å². The van der Waals surface area contributed by atoms with Crippen LogP contribution in [0.2, 0.25) is 0 Å². The minimum atomic E-state index is -3.47. The molecule has 1 aliphatic heterocycles. The van der Waals surface area contributed by atoms with Crippen LogP contribution in [0.3, 0.4) is 0 Å². The highest BCUT2D eigenvalue weighted by molar-refractivity contribution is 7.89. The number of hydrogen-bond donors (Lipinski definition) is 2. The highest BCUT2D eigenvalue weighted by Gasteiger charge is 2.27. The maximum atomic E-state index is 12.5. The molecule has 0 unspecified atom stereocenters. The van der Waals surface area contributed by atoms with Crippen molar-refractivity contribution < 1.29 is 18.0 Å². The van der Waals surface area contributed by atoms with Crippen LogP contribution < -0.4 is 10.0 Å². The van der Waals surface area contributed by atoms with Gasteiger partial charge in [-0.05, 0) is 49.6 Å². The fourth-order valence-electron chi connectivity index (χ4n) is 3.68. The summed E-state index contributed by atoms with van der Waals surface area (Å²) in [6.45, 7) is 1.54. The Morgan fingerprint density at radius 2 is 1.61 bits per heavy atom. The van der Waals surface area contributed by atoms with E-state index in [-0.39, 0.29) is 22.6 Å². The Balaban J connectivity index is 1.41. The lowest BCUT2D eigenvalue weighted by Gasteiger charge is -2.31. The Bertz CT molecular complexity index is 983. The van der Waals surface area contributed by atoms with Gasteiger partial charge in [0, 0.05) is 32.0 Å². The van der Waals surface area contributed by atoms with E-state index in [2.05, 4.69) is 10.0 Å². The Labute approximate surface area is 183 Å². The molecule has 7 nitrogen and oxygen atoms in total. The summed E-state index contributed by atoms with van der Waals surface area (Å²) in [7, 11) is -2.10. The molecule has 1 saturated heterocycles. The normalized spacial score (nSPS) is 14.9. The molecule has 2 N–H and O–H groups in total. The van der Waals surface area contributed by atoms with Crippen LogP contribution in [0.1, 0.15) is 30.4 Å². The molecule has 1 aliphatic rings. The zero-order chi connectivity index (χ0) is 22.3. The summed E-state index contributed by atoms with van der Waals surface area (Å²) >= 11 is 0. The maximum absolute atomic E-state index is 12.5. The number of carbonyl (C=O) groups is 2. The fraction of sp³-hybridized carbons (Fsp3) is 0.391. The average Bonchev–Trinajstić information content (AvgIpc) is 2.82. The standard InChI is InChI=1S/C23H29N3O4S/c1-24-31(29,30)21-10-7-19(8-11-21)17-25-23(28)20-13-15-26(16-14-20)22(27)12-9-18-5-3-2-4-6-18/h2-8,10-11,20,24H,9,12-17H2,1H3,(H,25,28). The molecule has 0 saturated carbocycles. The van der Waals surface area contributed by atoms with Gasteiger partial charge < -0.3 is 10.2 Å². The molecule has 0 atom stereocenters. The van der Waals surface area contributed by atoms with Crippen LogP contribution in [-0.2, 0) is 32.6 Å². The second-order valence-electron chi connectivity index (χ2n) is 7.71. The molecule has 0 bridgehead atoms. The summed E-state index contributed by atoms with van der Waals surface area (Å²) in [6.07, 6.45) is 2.53. The number of benzene rings is 2. The summed E-state index contributed by atoms with van der Waals surface area (Å²) in [5.41, 5.74) is 1.98. The number of rotatable bonds is 8. The van der Waals surface area contributed by atoms with Crippen LogP contribution in [0.4, 0.5) is 0 Å². The minimum absolute atomic E-state index is 0.0247. The van der Waals surface area contributed by atoms with Gasteiger partial charge in [0.15, 0.2) is 0 Å². The third kappa shape index (κ3) is 6.38. The van der Waals surface area contributed by atoms with Crippen molar-refractivity contribution >= 4 is 21.8 Å². The molecule has 0 spiro atoms. The summed E-state index contributed by atoms with van der Waals surface area (Å²) < 4.78 is 25.8. The van der Waals surface area contributed by atoms with Gasteiger partial charge in [-0.25, -0.2) is 13.1 Å². The number of likely N-dealkylation sites (tertiary alicyclic amines) is 1. The number of aryl methyl sites for hydroxylation is 1. The maximum Gasteiger partial charge on any atom is 0.240 e. The highest BCUT2D eigenvalue weighted by atomic mass is 32.2. The van der Waals surface area contributed by atoms with Gasteiger partial charge in [0.25, 0.3) is 0 Å². The number of nitrogens with one attached hydrogen (secondary N) is 2. The first-order chi connectivity index (χ1) is 14.9. The van der Waals surface area contributed by atoms with E-state index in [1.165, 1.54) is 19.2 Å². The zero-order valence-electron chi connectivity index (χ0n) is 17.7. The molecule has 2 aromatic carbocycles. The van der Waals surface area contributed by atoms with Gasteiger partial charge in [-0.2, -0.15) is 0 Å². The monoisotopic (exact) mass is 443 g/mol. The number of sulfonamides is 1. The van der Waals surface area contributed by atoms with E-state index in [1.807, 2.05) is 35.2 Å². The van der Waals surface area contributed by atoms with Crippen molar-refractivity contribution in [1.29, 1.82) is 0 Å². The molecule has 0 radical (unpaired) electrons. The van der Waals surface area contributed by atoms with Gasteiger partial charge in [0.2, 0.25) is 21.8 Å². The molecule has 8 heteroatoms. The Kier molecular flexibility index (Phi) is 7.81. The van der Waals surface area contributed by atoms with Crippen molar-refractivity contribution in [3.8, 4) is 0 Å². The van der Waals surface area contributed by atoms with E-state index in [0.29, 0.717) is 38.9 Å². The van der Waals surface area contributed by atoms with E-state index in [4.69, 9.17) is 0 Å². The van der Waals surface area contributed by atoms with Crippen molar-refractivity contribution in [3.63, 3.8) is 0 Å². The number of hydrogen-bond acceptors (Lipinski definition) is 4. The first-order valence-corrected chi connectivity index (χ1v) is 12.0.